The third-order valence-corrected chi connectivity index (χ3v) is 4.65. The van der Waals surface area contributed by atoms with Gasteiger partial charge < -0.3 is 9.67 Å². The molecule has 2 heterocycles. The fourth-order valence-corrected chi connectivity index (χ4v) is 3.51. The summed E-state index contributed by atoms with van der Waals surface area (Å²) in [5.74, 6) is -0.150. The lowest BCUT2D eigenvalue weighted by molar-refractivity contribution is -0.133. The van der Waals surface area contributed by atoms with Crippen LogP contribution in [0.5, 0.6) is 0 Å². The van der Waals surface area contributed by atoms with Gasteiger partial charge in [0.25, 0.3) is 0 Å². The molecule has 106 valence electrons. The Morgan fingerprint density at radius 3 is 3.00 bits per heavy atom. The summed E-state index contributed by atoms with van der Waals surface area (Å²) in [4.78, 5) is 19.6. The van der Waals surface area contributed by atoms with Gasteiger partial charge in [-0.2, -0.15) is 0 Å². The van der Waals surface area contributed by atoms with E-state index in [0.29, 0.717) is 22.1 Å². The van der Waals surface area contributed by atoms with Crippen LogP contribution >= 0.6 is 23.4 Å². The van der Waals surface area contributed by atoms with Crippen molar-refractivity contribution < 1.29 is 9.90 Å². The number of carboxylic acids is 1. The molecule has 0 radical (unpaired) electrons. The van der Waals surface area contributed by atoms with Crippen LogP contribution in [-0.4, -0.2) is 31.4 Å². The number of halogens is 1. The van der Waals surface area contributed by atoms with E-state index in [1.54, 1.807) is 12.3 Å². The van der Waals surface area contributed by atoms with Crippen molar-refractivity contribution in [3.05, 3.63) is 17.3 Å². The predicted molar refractivity (Wildman–Crippen MR) is 78.3 cm³/mol. The highest BCUT2D eigenvalue weighted by molar-refractivity contribution is 7.99. The second-order valence-corrected chi connectivity index (χ2v) is 6.55. The maximum atomic E-state index is 10.8. The van der Waals surface area contributed by atoms with Gasteiger partial charge in [0.2, 0.25) is 0 Å². The van der Waals surface area contributed by atoms with Gasteiger partial charge in [0, 0.05) is 12.2 Å². The van der Waals surface area contributed by atoms with Crippen LogP contribution in [-0.2, 0) is 4.79 Å². The number of aromatic nitrogens is 3. The van der Waals surface area contributed by atoms with E-state index in [1.165, 1.54) is 11.8 Å². The van der Waals surface area contributed by atoms with E-state index in [2.05, 4.69) is 21.5 Å². The Bertz CT molecular complexity index is 667. The van der Waals surface area contributed by atoms with E-state index >= 15 is 0 Å². The fraction of sp³-hybridized carbons (Fsp3) is 0.462. The molecule has 1 N–H and O–H groups in total. The second kappa shape index (κ2) is 5.26. The molecule has 2 aromatic heterocycles. The molecule has 0 bridgehead atoms. The molecule has 20 heavy (non-hydrogen) atoms. The molecule has 0 atom stereocenters. The minimum Gasteiger partial charge on any atom is -0.481 e. The molecule has 1 saturated carbocycles. The standard InChI is InChI=1S/C13H14ClN3O2S/c1-7-2-9(3-7)17-12-10(4-8(14)5-15-12)16-13(17)20-6-11(18)19/h4-5,7,9H,2-3,6H2,1H3,(H,18,19). The second-order valence-electron chi connectivity index (χ2n) is 5.17. The number of carbonyl (C=O) groups is 1. The molecule has 2 aromatic rings. The van der Waals surface area contributed by atoms with Crippen LogP contribution in [0, 0.1) is 5.92 Å². The molecule has 1 aliphatic rings. The molecule has 0 saturated heterocycles. The van der Waals surface area contributed by atoms with Gasteiger partial charge in [-0.25, -0.2) is 9.97 Å². The molecule has 0 aliphatic heterocycles. The molecule has 0 aromatic carbocycles. The van der Waals surface area contributed by atoms with Crippen LogP contribution in [0.25, 0.3) is 11.2 Å². The highest BCUT2D eigenvalue weighted by atomic mass is 35.5. The number of hydrogen-bond acceptors (Lipinski definition) is 4. The zero-order valence-electron chi connectivity index (χ0n) is 10.9. The third-order valence-electron chi connectivity index (χ3n) is 3.50. The zero-order chi connectivity index (χ0) is 14.3. The summed E-state index contributed by atoms with van der Waals surface area (Å²) in [6, 6.07) is 2.13. The topological polar surface area (TPSA) is 68.0 Å². The number of thioether (sulfide) groups is 1. The predicted octanol–water partition coefficient (Wildman–Crippen LogP) is 3.23. The van der Waals surface area contributed by atoms with Crippen molar-refractivity contribution in [3.63, 3.8) is 0 Å². The van der Waals surface area contributed by atoms with Crippen molar-refractivity contribution in [2.45, 2.75) is 31.0 Å². The highest BCUT2D eigenvalue weighted by Crippen LogP contribution is 2.41. The van der Waals surface area contributed by atoms with Gasteiger partial charge >= 0.3 is 5.97 Å². The average molecular weight is 312 g/mol. The fourth-order valence-electron chi connectivity index (χ4n) is 2.56. The Hall–Kier alpha value is -1.27. The van der Waals surface area contributed by atoms with Crippen LogP contribution in [0.3, 0.4) is 0 Å². The van der Waals surface area contributed by atoms with Gasteiger partial charge in [-0.1, -0.05) is 30.3 Å². The first-order chi connectivity index (χ1) is 9.54. The summed E-state index contributed by atoms with van der Waals surface area (Å²) in [6.45, 7) is 2.21. The minimum absolute atomic E-state index is 0.000667. The van der Waals surface area contributed by atoms with Crippen LogP contribution in [0.1, 0.15) is 25.8 Å². The lowest BCUT2D eigenvalue weighted by Crippen LogP contribution is -2.25. The monoisotopic (exact) mass is 311 g/mol. The number of fused-ring (bicyclic) bond motifs is 1. The molecule has 0 amide bonds. The molecular formula is C13H14ClN3O2S. The number of hydrogen-bond donors (Lipinski definition) is 1. The largest absolute Gasteiger partial charge is 0.481 e. The lowest BCUT2D eigenvalue weighted by Gasteiger charge is -2.34. The molecule has 5 nitrogen and oxygen atoms in total. The van der Waals surface area contributed by atoms with Crippen LogP contribution in [0.2, 0.25) is 5.02 Å². The number of pyridine rings is 1. The summed E-state index contributed by atoms with van der Waals surface area (Å²) in [7, 11) is 0. The van der Waals surface area contributed by atoms with Crippen LogP contribution in [0.15, 0.2) is 17.4 Å². The Kier molecular flexibility index (Phi) is 3.60. The first-order valence-electron chi connectivity index (χ1n) is 6.42. The number of rotatable bonds is 4. The third kappa shape index (κ3) is 2.50. The normalized spacial score (nSPS) is 21.9. The first kappa shape index (κ1) is 13.7. The minimum atomic E-state index is -0.846. The van der Waals surface area contributed by atoms with Gasteiger partial charge in [0.05, 0.1) is 10.8 Å². The molecule has 0 spiro atoms. The molecule has 1 aliphatic carbocycles. The lowest BCUT2D eigenvalue weighted by atomic mass is 9.82. The summed E-state index contributed by atoms with van der Waals surface area (Å²) >= 11 is 7.18. The van der Waals surface area contributed by atoms with Crippen molar-refractivity contribution in [3.8, 4) is 0 Å². The van der Waals surface area contributed by atoms with Crippen molar-refractivity contribution in [2.24, 2.45) is 5.92 Å². The number of nitrogens with zero attached hydrogens (tertiary/aromatic N) is 3. The Balaban J connectivity index is 2.02. The maximum absolute atomic E-state index is 10.8. The van der Waals surface area contributed by atoms with Crippen molar-refractivity contribution in [1.82, 2.24) is 14.5 Å². The van der Waals surface area contributed by atoms with E-state index in [9.17, 15) is 4.79 Å². The van der Waals surface area contributed by atoms with Gasteiger partial charge in [0.1, 0.15) is 5.52 Å². The van der Waals surface area contributed by atoms with Gasteiger partial charge in [0.15, 0.2) is 10.8 Å². The summed E-state index contributed by atoms with van der Waals surface area (Å²) in [5, 5.41) is 10.1. The Morgan fingerprint density at radius 2 is 2.35 bits per heavy atom. The highest BCUT2D eigenvalue weighted by Gasteiger charge is 2.30. The SMILES string of the molecule is CC1CC(n2c(SCC(=O)O)nc3cc(Cl)cnc32)C1. The van der Waals surface area contributed by atoms with Crippen molar-refractivity contribution >= 4 is 40.5 Å². The summed E-state index contributed by atoms with van der Waals surface area (Å²) in [6.07, 6.45) is 3.77. The maximum Gasteiger partial charge on any atom is 0.313 e. The van der Waals surface area contributed by atoms with E-state index in [4.69, 9.17) is 16.7 Å². The quantitative estimate of drug-likeness (QED) is 0.878. The molecule has 1 fully saturated rings. The van der Waals surface area contributed by atoms with Gasteiger partial charge in [-0.05, 0) is 24.8 Å². The first-order valence-corrected chi connectivity index (χ1v) is 7.79. The van der Waals surface area contributed by atoms with E-state index < -0.39 is 5.97 Å². The van der Waals surface area contributed by atoms with E-state index in [0.717, 1.165) is 24.0 Å². The van der Waals surface area contributed by atoms with E-state index in [-0.39, 0.29) is 5.75 Å². The Morgan fingerprint density at radius 1 is 1.60 bits per heavy atom. The molecule has 7 heteroatoms. The smallest absolute Gasteiger partial charge is 0.313 e. The number of carboxylic acid groups (broad SMARTS) is 1. The number of imidazole rings is 1. The van der Waals surface area contributed by atoms with Gasteiger partial charge in [-0.15, -0.1) is 0 Å². The van der Waals surface area contributed by atoms with Crippen LogP contribution < -0.4 is 0 Å². The Labute approximate surface area is 125 Å². The van der Waals surface area contributed by atoms with Crippen molar-refractivity contribution in [2.75, 3.05) is 5.75 Å². The molecule has 0 unspecified atom stereocenters. The molecule has 3 rings (SSSR count). The van der Waals surface area contributed by atoms with Crippen LogP contribution in [0.4, 0.5) is 0 Å². The summed E-state index contributed by atoms with van der Waals surface area (Å²) < 4.78 is 2.07. The number of aliphatic carboxylic acids is 1. The van der Waals surface area contributed by atoms with Gasteiger partial charge in [-0.3, -0.25) is 4.79 Å². The summed E-state index contributed by atoms with van der Waals surface area (Å²) in [5.41, 5.74) is 1.52. The van der Waals surface area contributed by atoms with Crippen molar-refractivity contribution in [1.29, 1.82) is 0 Å². The van der Waals surface area contributed by atoms with E-state index in [1.807, 2.05) is 0 Å². The average Bonchev–Trinajstić information content (AvgIpc) is 2.69. The zero-order valence-corrected chi connectivity index (χ0v) is 12.5. The molecular weight excluding hydrogens is 298 g/mol.